The number of esters is 1. The number of quaternary nitrogens is 1. The van der Waals surface area contributed by atoms with E-state index in [-0.39, 0.29) is 5.97 Å². The minimum absolute atomic E-state index is 0.109. The SMILES string of the molecule is CCOC(=O)CCC[N+](C)(C)CCC[Si](OC)(OC)OC. The van der Waals surface area contributed by atoms with E-state index < -0.39 is 8.80 Å². The molecule has 0 fully saturated rings. The highest BCUT2D eigenvalue weighted by Crippen LogP contribution is 2.16. The molecule has 0 aliphatic heterocycles. The van der Waals surface area contributed by atoms with E-state index in [0.29, 0.717) is 13.0 Å². The third kappa shape index (κ3) is 8.52. The van der Waals surface area contributed by atoms with E-state index in [4.69, 9.17) is 18.0 Å². The first kappa shape index (κ1) is 20.5. The number of rotatable bonds is 12. The van der Waals surface area contributed by atoms with Gasteiger partial charge in [0.05, 0.1) is 40.2 Å². The van der Waals surface area contributed by atoms with Crippen molar-refractivity contribution in [3.63, 3.8) is 0 Å². The Morgan fingerprint density at radius 1 is 1.00 bits per heavy atom. The summed E-state index contributed by atoms with van der Waals surface area (Å²) in [6.07, 6.45) is 2.30. The second-order valence-corrected chi connectivity index (χ2v) is 8.78. The summed E-state index contributed by atoms with van der Waals surface area (Å²) in [5, 5.41) is 0. The van der Waals surface area contributed by atoms with Crippen molar-refractivity contribution in [1.82, 2.24) is 0 Å². The molecule has 0 unspecified atom stereocenters. The topological polar surface area (TPSA) is 54.0 Å². The molecular formula is C14H32NO5Si+. The summed E-state index contributed by atoms with van der Waals surface area (Å²) in [4.78, 5) is 11.3. The number of carbonyl (C=O) groups excluding carboxylic acids is 1. The van der Waals surface area contributed by atoms with E-state index in [1.165, 1.54) is 0 Å². The van der Waals surface area contributed by atoms with Gasteiger partial charge in [-0.3, -0.25) is 4.79 Å². The lowest BCUT2D eigenvalue weighted by molar-refractivity contribution is -0.890. The van der Waals surface area contributed by atoms with E-state index in [9.17, 15) is 4.79 Å². The predicted octanol–water partition coefficient (Wildman–Crippen LogP) is 1.67. The monoisotopic (exact) mass is 322 g/mol. The summed E-state index contributed by atoms with van der Waals surface area (Å²) in [6, 6.07) is 0.802. The lowest BCUT2D eigenvalue weighted by Crippen LogP contribution is -2.45. The molecule has 0 spiro atoms. The van der Waals surface area contributed by atoms with Crippen LogP contribution in [-0.4, -0.2) is 74.4 Å². The van der Waals surface area contributed by atoms with Gasteiger partial charge in [0.2, 0.25) is 0 Å². The molecule has 0 atom stereocenters. The third-order valence-corrected chi connectivity index (χ3v) is 6.46. The Bertz CT molecular complexity index is 287. The molecule has 0 aliphatic rings. The van der Waals surface area contributed by atoms with Crippen LogP contribution in [0.25, 0.3) is 0 Å². The molecule has 0 N–H and O–H groups in total. The van der Waals surface area contributed by atoms with Crippen LogP contribution in [0.15, 0.2) is 0 Å². The minimum atomic E-state index is -2.46. The molecule has 0 aromatic heterocycles. The summed E-state index contributed by atoms with van der Waals surface area (Å²) in [5.74, 6) is -0.109. The zero-order valence-electron chi connectivity index (χ0n) is 14.4. The van der Waals surface area contributed by atoms with Crippen molar-refractivity contribution >= 4 is 14.8 Å². The van der Waals surface area contributed by atoms with Crippen LogP contribution < -0.4 is 0 Å². The van der Waals surface area contributed by atoms with Crippen LogP contribution in [-0.2, 0) is 22.8 Å². The van der Waals surface area contributed by atoms with Gasteiger partial charge in [-0.05, 0) is 6.92 Å². The summed E-state index contributed by atoms with van der Waals surface area (Å²) < 4.78 is 22.0. The first-order valence-corrected chi connectivity index (χ1v) is 9.41. The van der Waals surface area contributed by atoms with Crippen LogP contribution in [0.1, 0.15) is 26.2 Å². The maximum atomic E-state index is 11.3. The molecule has 0 aromatic carbocycles. The highest BCUT2D eigenvalue weighted by atomic mass is 28.4. The molecule has 0 heterocycles. The number of hydrogen-bond acceptors (Lipinski definition) is 5. The number of hydrogen-bond donors (Lipinski definition) is 0. The van der Waals surface area contributed by atoms with Gasteiger partial charge in [-0.25, -0.2) is 0 Å². The van der Waals surface area contributed by atoms with E-state index >= 15 is 0 Å². The van der Waals surface area contributed by atoms with Crippen molar-refractivity contribution in [2.75, 3.05) is 55.1 Å². The first-order valence-electron chi connectivity index (χ1n) is 7.48. The highest BCUT2D eigenvalue weighted by Gasteiger charge is 2.37. The predicted molar refractivity (Wildman–Crippen MR) is 83.9 cm³/mol. The quantitative estimate of drug-likeness (QED) is 0.311. The highest BCUT2D eigenvalue weighted by molar-refractivity contribution is 6.60. The molecular weight excluding hydrogens is 290 g/mol. The molecule has 0 rings (SSSR count). The van der Waals surface area contributed by atoms with E-state index in [0.717, 1.165) is 36.5 Å². The maximum Gasteiger partial charge on any atom is 0.500 e. The molecule has 7 heteroatoms. The normalized spacial score (nSPS) is 12.5. The molecule has 126 valence electrons. The van der Waals surface area contributed by atoms with Crippen molar-refractivity contribution in [3.05, 3.63) is 0 Å². The molecule has 0 aromatic rings. The average molecular weight is 322 g/mol. The fraction of sp³-hybridized carbons (Fsp3) is 0.929. The van der Waals surface area contributed by atoms with Gasteiger partial charge in [0.15, 0.2) is 0 Å². The molecule has 21 heavy (non-hydrogen) atoms. The fourth-order valence-corrected chi connectivity index (χ4v) is 3.98. The van der Waals surface area contributed by atoms with Crippen LogP contribution in [0.4, 0.5) is 0 Å². The molecule has 0 saturated heterocycles. The van der Waals surface area contributed by atoms with E-state index in [1.807, 2.05) is 6.92 Å². The van der Waals surface area contributed by atoms with Crippen molar-refractivity contribution in [1.29, 1.82) is 0 Å². The summed E-state index contributed by atoms with van der Waals surface area (Å²) in [7, 11) is 6.79. The molecule has 0 amide bonds. The summed E-state index contributed by atoms with van der Waals surface area (Å²) in [6.45, 7) is 4.22. The van der Waals surface area contributed by atoms with Crippen molar-refractivity contribution in [2.24, 2.45) is 0 Å². The third-order valence-electron chi connectivity index (χ3n) is 3.63. The first-order chi connectivity index (χ1) is 9.84. The second-order valence-electron chi connectivity index (χ2n) is 5.69. The Labute approximate surface area is 130 Å². The van der Waals surface area contributed by atoms with Crippen molar-refractivity contribution in [3.8, 4) is 0 Å². The van der Waals surface area contributed by atoms with Crippen molar-refractivity contribution < 1.29 is 27.3 Å². The minimum Gasteiger partial charge on any atom is -0.466 e. The smallest absolute Gasteiger partial charge is 0.466 e. The number of carbonyl (C=O) groups is 1. The van der Waals surface area contributed by atoms with Gasteiger partial charge in [-0.1, -0.05) is 0 Å². The van der Waals surface area contributed by atoms with Gasteiger partial charge in [0.1, 0.15) is 0 Å². The average Bonchev–Trinajstić information content (AvgIpc) is 2.44. The van der Waals surface area contributed by atoms with Gasteiger partial charge in [0, 0.05) is 40.2 Å². The number of ether oxygens (including phenoxy) is 1. The Kier molecular flexibility index (Phi) is 10.1. The Balaban J connectivity index is 4.04. The van der Waals surface area contributed by atoms with Crippen LogP contribution in [0.2, 0.25) is 6.04 Å². The van der Waals surface area contributed by atoms with Gasteiger partial charge in [0.25, 0.3) is 0 Å². The van der Waals surface area contributed by atoms with Crippen LogP contribution in [0.5, 0.6) is 0 Å². The Morgan fingerprint density at radius 2 is 1.52 bits per heavy atom. The largest absolute Gasteiger partial charge is 0.500 e. The van der Waals surface area contributed by atoms with Crippen LogP contribution >= 0.6 is 0 Å². The number of nitrogens with zero attached hydrogens (tertiary/aromatic N) is 1. The van der Waals surface area contributed by atoms with Crippen molar-refractivity contribution in [2.45, 2.75) is 32.2 Å². The Morgan fingerprint density at radius 3 is 2.00 bits per heavy atom. The molecule has 6 nitrogen and oxygen atoms in total. The summed E-state index contributed by atoms with van der Waals surface area (Å²) in [5.41, 5.74) is 0. The zero-order valence-corrected chi connectivity index (χ0v) is 15.4. The van der Waals surface area contributed by atoms with E-state index in [1.54, 1.807) is 21.3 Å². The molecule has 0 saturated carbocycles. The van der Waals surface area contributed by atoms with Gasteiger partial charge < -0.3 is 22.5 Å². The van der Waals surface area contributed by atoms with Gasteiger partial charge in [-0.2, -0.15) is 0 Å². The lowest BCUT2D eigenvalue weighted by atomic mass is 10.2. The van der Waals surface area contributed by atoms with Crippen LogP contribution in [0, 0.1) is 0 Å². The Hall–Kier alpha value is -0.473. The van der Waals surface area contributed by atoms with E-state index in [2.05, 4.69) is 14.1 Å². The van der Waals surface area contributed by atoms with Gasteiger partial charge >= 0.3 is 14.8 Å². The molecule has 0 radical (unpaired) electrons. The van der Waals surface area contributed by atoms with Gasteiger partial charge in [-0.15, -0.1) is 0 Å². The molecule has 0 bridgehead atoms. The fourth-order valence-electron chi connectivity index (χ4n) is 2.28. The molecule has 0 aliphatic carbocycles. The maximum absolute atomic E-state index is 11.3. The zero-order chi connectivity index (χ0) is 16.4. The standard InChI is InChI=1S/C14H32NO5Si/c1-7-20-14(16)10-8-11-15(2,3)12-9-13-21(17-4,18-5)19-6/h7-13H2,1-6H3/q+1. The second kappa shape index (κ2) is 10.3. The summed E-state index contributed by atoms with van der Waals surface area (Å²) >= 11 is 0. The lowest BCUT2D eigenvalue weighted by Gasteiger charge is -2.31. The van der Waals surface area contributed by atoms with Crippen LogP contribution in [0.3, 0.4) is 0 Å².